The van der Waals surface area contributed by atoms with Crippen molar-refractivity contribution in [2.45, 2.75) is 12.8 Å². The van der Waals surface area contributed by atoms with Gasteiger partial charge in [-0.25, -0.2) is 0 Å². The second kappa shape index (κ2) is 6.61. The lowest BCUT2D eigenvalue weighted by Crippen LogP contribution is -2.28. The smallest absolute Gasteiger partial charge is 0.303 e. The minimum Gasteiger partial charge on any atom is -0.481 e. The van der Waals surface area contributed by atoms with Crippen molar-refractivity contribution in [3.05, 3.63) is 33.8 Å². The molecule has 6 heteroatoms. The molecule has 4 nitrogen and oxygen atoms in total. The Bertz CT molecular complexity index is 463. The van der Waals surface area contributed by atoms with Gasteiger partial charge in [-0.05, 0) is 24.6 Å². The molecule has 0 aromatic heterocycles. The monoisotopic (exact) mass is 289 g/mol. The van der Waals surface area contributed by atoms with E-state index in [0.717, 1.165) is 0 Å². The van der Waals surface area contributed by atoms with E-state index in [9.17, 15) is 9.59 Å². The van der Waals surface area contributed by atoms with Crippen molar-refractivity contribution < 1.29 is 14.7 Å². The lowest BCUT2D eigenvalue weighted by atomic mass is 10.2. The first-order valence-corrected chi connectivity index (χ1v) is 6.09. The lowest BCUT2D eigenvalue weighted by molar-refractivity contribution is -0.137. The number of carbonyl (C=O) groups excluding carboxylic acids is 1. The first-order valence-electron chi connectivity index (χ1n) is 5.34. The summed E-state index contributed by atoms with van der Waals surface area (Å²) in [6.45, 7) is 0.365. The Morgan fingerprint density at radius 2 is 2.00 bits per heavy atom. The van der Waals surface area contributed by atoms with Crippen molar-refractivity contribution in [3.8, 4) is 0 Å². The first kappa shape index (κ1) is 14.8. The number of hydrogen-bond acceptors (Lipinski definition) is 2. The van der Waals surface area contributed by atoms with Crippen molar-refractivity contribution >= 4 is 35.1 Å². The Morgan fingerprint density at radius 1 is 1.33 bits per heavy atom. The maximum atomic E-state index is 12.0. The Morgan fingerprint density at radius 3 is 2.56 bits per heavy atom. The molecule has 0 radical (unpaired) electrons. The molecule has 0 unspecified atom stereocenters. The minimum atomic E-state index is -0.875. The van der Waals surface area contributed by atoms with E-state index in [1.807, 2.05) is 0 Å². The number of nitrogens with zero attached hydrogens (tertiary/aromatic N) is 1. The van der Waals surface area contributed by atoms with Crippen LogP contribution in [0.15, 0.2) is 18.2 Å². The van der Waals surface area contributed by atoms with Gasteiger partial charge in [0.2, 0.25) is 0 Å². The molecular weight excluding hydrogens is 277 g/mol. The van der Waals surface area contributed by atoms with Crippen LogP contribution in [0.1, 0.15) is 23.2 Å². The van der Waals surface area contributed by atoms with Gasteiger partial charge in [0, 0.05) is 25.0 Å². The Kier molecular flexibility index (Phi) is 5.44. The molecule has 1 rings (SSSR count). The molecule has 0 spiro atoms. The maximum Gasteiger partial charge on any atom is 0.303 e. The molecule has 0 saturated carbocycles. The van der Waals surface area contributed by atoms with Crippen LogP contribution in [-0.4, -0.2) is 35.5 Å². The summed E-state index contributed by atoms with van der Waals surface area (Å²) in [5.41, 5.74) is 0.360. The van der Waals surface area contributed by atoms with E-state index in [1.165, 1.54) is 11.0 Å². The van der Waals surface area contributed by atoms with E-state index in [1.54, 1.807) is 19.2 Å². The molecule has 0 heterocycles. The van der Waals surface area contributed by atoms with Gasteiger partial charge in [-0.1, -0.05) is 23.2 Å². The zero-order chi connectivity index (χ0) is 13.7. The zero-order valence-corrected chi connectivity index (χ0v) is 11.3. The summed E-state index contributed by atoms with van der Waals surface area (Å²) < 4.78 is 0. The average Bonchev–Trinajstić information content (AvgIpc) is 2.27. The molecule has 1 N–H and O–H groups in total. The highest BCUT2D eigenvalue weighted by molar-refractivity contribution is 6.36. The quantitative estimate of drug-likeness (QED) is 0.907. The number of rotatable bonds is 5. The predicted octanol–water partition coefficient (Wildman–Crippen LogP) is 2.93. The molecule has 0 saturated heterocycles. The average molecular weight is 290 g/mol. The Hall–Kier alpha value is -1.26. The van der Waals surface area contributed by atoms with Crippen LogP contribution in [0.2, 0.25) is 10.0 Å². The first-order chi connectivity index (χ1) is 8.41. The fourth-order valence-electron chi connectivity index (χ4n) is 1.44. The van der Waals surface area contributed by atoms with E-state index in [0.29, 0.717) is 23.6 Å². The number of amides is 1. The molecule has 1 aromatic carbocycles. The number of aliphatic carboxylic acids is 1. The van der Waals surface area contributed by atoms with Crippen LogP contribution in [0, 0.1) is 0 Å². The van der Waals surface area contributed by atoms with E-state index in [4.69, 9.17) is 28.3 Å². The van der Waals surface area contributed by atoms with Crippen LogP contribution in [0.4, 0.5) is 0 Å². The third-order valence-corrected chi connectivity index (χ3v) is 2.94. The molecule has 0 aliphatic heterocycles. The summed E-state index contributed by atoms with van der Waals surface area (Å²) >= 11 is 11.7. The van der Waals surface area contributed by atoms with Gasteiger partial charge in [0.1, 0.15) is 0 Å². The highest BCUT2D eigenvalue weighted by atomic mass is 35.5. The van der Waals surface area contributed by atoms with E-state index >= 15 is 0 Å². The number of carboxylic acids is 1. The third-order valence-electron chi connectivity index (χ3n) is 2.39. The number of hydrogen-bond donors (Lipinski definition) is 1. The fraction of sp³-hybridized carbons (Fsp3) is 0.333. The van der Waals surface area contributed by atoms with Gasteiger partial charge in [-0.15, -0.1) is 0 Å². The predicted molar refractivity (Wildman–Crippen MR) is 70.3 cm³/mol. The molecular formula is C12H13Cl2NO3. The van der Waals surface area contributed by atoms with Gasteiger partial charge < -0.3 is 10.0 Å². The second-order valence-electron chi connectivity index (χ2n) is 3.85. The molecule has 98 valence electrons. The summed E-state index contributed by atoms with van der Waals surface area (Å²) in [7, 11) is 1.61. The fourth-order valence-corrected chi connectivity index (χ4v) is 1.93. The van der Waals surface area contributed by atoms with Crippen LogP contribution < -0.4 is 0 Å². The maximum absolute atomic E-state index is 12.0. The summed E-state index contributed by atoms with van der Waals surface area (Å²) in [4.78, 5) is 23.8. The van der Waals surface area contributed by atoms with Crippen LogP contribution in [0.5, 0.6) is 0 Å². The zero-order valence-electron chi connectivity index (χ0n) is 9.82. The van der Waals surface area contributed by atoms with E-state index in [2.05, 4.69) is 0 Å². The van der Waals surface area contributed by atoms with Gasteiger partial charge >= 0.3 is 5.97 Å². The standard InChI is InChI=1S/C12H13Cl2NO3/c1-15(6-2-3-11(16)17)12(18)9-5-4-8(13)7-10(9)14/h4-5,7H,2-3,6H2,1H3,(H,16,17). The highest BCUT2D eigenvalue weighted by Crippen LogP contribution is 2.22. The van der Waals surface area contributed by atoms with Gasteiger partial charge in [-0.2, -0.15) is 0 Å². The molecule has 0 fully saturated rings. The topological polar surface area (TPSA) is 57.6 Å². The number of benzene rings is 1. The summed E-state index contributed by atoms with van der Waals surface area (Å²) in [5.74, 6) is -1.12. The van der Waals surface area contributed by atoms with Crippen molar-refractivity contribution in [2.75, 3.05) is 13.6 Å². The highest BCUT2D eigenvalue weighted by Gasteiger charge is 2.15. The number of carboxylic acid groups (broad SMARTS) is 1. The van der Waals surface area contributed by atoms with Crippen molar-refractivity contribution in [1.29, 1.82) is 0 Å². The summed E-state index contributed by atoms with van der Waals surface area (Å²) in [6, 6.07) is 4.65. The second-order valence-corrected chi connectivity index (χ2v) is 4.69. The van der Waals surface area contributed by atoms with Crippen LogP contribution >= 0.6 is 23.2 Å². The third kappa shape index (κ3) is 4.20. The van der Waals surface area contributed by atoms with E-state index in [-0.39, 0.29) is 17.4 Å². The van der Waals surface area contributed by atoms with Gasteiger partial charge in [0.25, 0.3) is 5.91 Å². The molecule has 0 aliphatic rings. The van der Waals surface area contributed by atoms with Crippen molar-refractivity contribution in [2.24, 2.45) is 0 Å². The molecule has 1 amide bonds. The Labute approximate surface area is 115 Å². The van der Waals surface area contributed by atoms with Crippen LogP contribution in [0.3, 0.4) is 0 Å². The lowest BCUT2D eigenvalue weighted by Gasteiger charge is -2.17. The SMILES string of the molecule is CN(CCCC(=O)O)C(=O)c1ccc(Cl)cc1Cl. The largest absolute Gasteiger partial charge is 0.481 e. The normalized spacial score (nSPS) is 10.2. The summed E-state index contributed by atoms with van der Waals surface area (Å²) in [5, 5.41) is 9.27. The van der Waals surface area contributed by atoms with Crippen LogP contribution in [-0.2, 0) is 4.79 Å². The molecule has 0 atom stereocenters. The van der Waals surface area contributed by atoms with Crippen molar-refractivity contribution in [1.82, 2.24) is 4.90 Å². The van der Waals surface area contributed by atoms with Crippen molar-refractivity contribution in [3.63, 3.8) is 0 Å². The molecule has 1 aromatic rings. The minimum absolute atomic E-state index is 0.0337. The Balaban J connectivity index is 2.65. The molecule has 0 aliphatic carbocycles. The number of halogens is 2. The van der Waals surface area contributed by atoms with Crippen LogP contribution in [0.25, 0.3) is 0 Å². The molecule has 0 bridgehead atoms. The number of carbonyl (C=O) groups is 2. The molecule has 18 heavy (non-hydrogen) atoms. The van der Waals surface area contributed by atoms with Gasteiger partial charge in [-0.3, -0.25) is 9.59 Å². The van der Waals surface area contributed by atoms with Gasteiger partial charge in [0.15, 0.2) is 0 Å². The summed E-state index contributed by atoms with van der Waals surface area (Å²) in [6.07, 6.45) is 0.439. The van der Waals surface area contributed by atoms with Gasteiger partial charge in [0.05, 0.1) is 10.6 Å². The van der Waals surface area contributed by atoms with E-state index < -0.39 is 5.97 Å².